The Balaban J connectivity index is 1.76. The van der Waals surface area contributed by atoms with Crippen molar-refractivity contribution in [1.82, 2.24) is 19.7 Å². The summed E-state index contributed by atoms with van der Waals surface area (Å²) in [6.07, 6.45) is 3.09. The molecule has 0 aliphatic carbocycles. The van der Waals surface area contributed by atoms with Crippen LogP contribution in [0, 0.1) is 0 Å². The van der Waals surface area contributed by atoms with Gasteiger partial charge in [0.25, 0.3) is 5.91 Å². The standard InChI is InChI=1S/C18H24N4O3/c1-21-13-19-17(20-21)18(23)22-9-8-16(25-11-10-24-2)15(22)12-14-6-4-3-5-7-14/h3-7,13,15-16H,8-12H2,1-2H3/t15-,16+/m0/s1. The number of carbonyl (C=O) groups is 1. The molecule has 1 fully saturated rings. The molecule has 0 unspecified atom stereocenters. The number of methoxy groups -OCH3 is 1. The van der Waals surface area contributed by atoms with Crippen molar-refractivity contribution in [2.45, 2.75) is 25.0 Å². The monoisotopic (exact) mass is 344 g/mol. The van der Waals surface area contributed by atoms with E-state index in [9.17, 15) is 4.79 Å². The average molecular weight is 344 g/mol. The van der Waals surface area contributed by atoms with Crippen molar-refractivity contribution in [2.75, 3.05) is 26.9 Å². The molecule has 1 aromatic heterocycles. The maximum absolute atomic E-state index is 12.8. The molecule has 1 aromatic carbocycles. The molecule has 2 aromatic rings. The van der Waals surface area contributed by atoms with Crippen LogP contribution >= 0.6 is 0 Å². The summed E-state index contributed by atoms with van der Waals surface area (Å²) in [5.74, 6) is 0.0949. The molecule has 1 saturated heterocycles. The summed E-state index contributed by atoms with van der Waals surface area (Å²) in [5.41, 5.74) is 1.18. The Morgan fingerprint density at radius 1 is 1.28 bits per heavy atom. The van der Waals surface area contributed by atoms with Crippen LogP contribution in [0.5, 0.6) is 0 Å². The Labute approximate surface area is 147 Å². The van der Waals surface area contributed by atoms with Gasteiger partial charge in [0.05, 0.1) is 25.4 Å². The van der Waals surface area contributed by atoms with E-state index in [4.69, 9.17) is 9.47 Å². The predicted octanol–water partition coefficient (Wildman–Crippen LogP) is 1.30. The highest BCUT2D eigenvalue weighted by atomic mass is 16.5. The second-order valence-corrected chi connectivity index (χ2v) is 6.19. The zero-order chi connectivity index (χ0) is 17.6. The normalized spacial score (nSPS) is 20.2. The molecule has 1 aliphatic heterocycles. The van der Waals surface area contributed by atoms with Crippen molar-refractivity contribution in [1.29, 1.82) is 0 Å². The van der Waals surface area contributed by atoms with Crippen molar-refractivity contribution in [2.24, 2.45) is 7.05 Å². The number of amides is 1. The summed E-state index contributed by atoms with van der Waals surface area (Å²) in [5, 5.41) is 4.15. The number of nitrogens with zero attached hydrogens (tertiary/aromatic N) is 4. The Bertz CT molecular complexity index is 689. The minimum Gasteiger partial charge on any atom is -0.382 e. The molecule has 134 valence electrons. The molecule has 1 aliphatic rings. The van der Waals surface area contributed by atoms with Crippen molar-refractivity contribution in [3.05, 3.63) is 48.0 Å². The number of hydrogen-bond acceptors (Lipinski definition) is 5. The van der Waals surface area contributed by atoms with Crippen LogP contribution in [0.3, 0.4) is 0 Å². The van der Waals surface area contributed by atoms with Crippen LogP contribution in [0.2, 0.25) is 0 Å². The zero-order valence-electron chi connectivity index (χ0n) is 14.7. The minimum atomic E-state index is -0.139. The van der Waals surface area contributed by atoms with Gasteiger partial charge in [0.15, 0.2) is 0 Å². The highest BCUT2D eigenvalue weighted by Gasteiger charge is 2.39. The molecule has 7 heteroatoms. The van der Waals surface area contributed by atoms with E-state index in [2.05, 4.69) is 22.2 Å². The fraction of sp³-hybridized carbons (Fsp3) is 0.500. The number of carbonyl (C=O) groups excluding carboxylic acids is 1. The largest absolute Gasteiger partial charge is 0.382 e. The number of ether oxygens (including phenoxy) is 2. The summed E-state index contributed by atoms with van der Waals surface area (Å²) >= 11 is 0. The molecule has 7 nitrogen and oxygen atoms in total. The first-order valence-electron chi connectivity index (χ1n) is 8.50. The Morgan fingerprint density at radius 3 is 2.76 bits per heavy atom. The first-order valence-corrected chi connectivity index (χ1v) is 8.50. The van der Waals surface area contributed by atoms with Crippen LogP contribution in [0.1, 0.15) is 22.6 Å². The molecule has 0 saturated carbocycles. The highest BCUT2D eigenvalue weighted by Crippen LogP contribution is 2.25. The first kappa shape index (κ1) is 17.6. The van der Waals surface area contributed by atoms with Gasteiger partial charge >= 0.3 is 0 Å². The van der Waals surface area contributed by atoms with Crippen LogP contribution in [-0.4, -0.2) is 64.6 Å². The van der Waals surface area contributed by atoms with Crippen molar-refractivity contribution < 1.29 is 14.3 Å². The number of rotatable bonds is 7. The highest BCUT2D eigenvalue weighted by molar-refractivity contribution is 5.90. The molecule has 0 spiro atoms. The van der Waals surface area contributed by atoms with Gasteiger partial charge in [0.2, 0.25) is 5.82 Å². The van der Waals surface area contributed by atoms with Crippen LogP contribution < -0.4 is 0 Å². The van der Waals surface area contributed by atoms with Gasteiger partial charge in [-0.3, -0.25) is 9.48 Å². The molecular weight excluding hydrogens is 320 g/mol. The number of likely N-dealkylation sites (tertiary alicyclic amines) is 1. The van der Waals surface area contributed by atoms with E-state index in [1.165, 1.54) is 5.56 Å². The SMILES string of the molecule is COCCO[C@@H]1CCN(C(=O)c2ncn(C)n2)[C@H]1Cc1ccccc1. The van der Waals surface area contributed by atoms with Gasteiger partial charge in [0.1, 0.15) is 6.33 Å². The van der Waals surface area contributed by atoms with Gasteiger partial charge in [-0.25, -0.2) is 4.98 Å². The fourth-order valence-corrected chi connectivity index (χ4v) is 3.22. The van der Waals surface area contributed by atoms with Crippen LogP contribution in [0.4, 0.5) is 0 Å². The van der Waals surface area contributed by atoms with E-state index in [0.717, 1.165) is 12.8 Å². The maximum atomic E-state index is 12.8. The summed E-state index contributed by atoms with van der Waals surface area (Å²) in [4.78, 5) is 18.8. The number of hydrogen-bond donors (Lipinski definition) is 0. The smallest absolute Gasteiger partial charge is 0.293 e. The molecule has 25 heavy (non-hydrogen) atoms. The van der Waals surface area contributed by atoms with E-state index in [1.807, 2.05) is 23.1 Å². The fourth-order valence-electron chi connectivity index (χ4n) is 3.22. The summed E-state index contributed by atoms with van der Waals surface area (Å²) in [6, 6.07) is 10.1. The van der Waals surface area contributed by atoms with Gasteiger partial charge in [-0.1, -0.05) is 30.3 Å². The third-order valence-electron chi connectivity index (χ3n) is 4.44. The predicted molar refractivity (Wildman–Crippen MR) is 92.2 cm³/mol. The van der Waals surface area contributed by atoms with Gasteiger partial charge < -0.3 is 14.4 Å². The molecule has 0 bridgehead atoms. The molecule has 2 heterocycles. The van der Waals surface area contributed by atoms with Gasteiger partial charge in [-0.05, 0) is 18.4 Å². The molecule has 0 radical (unpaired) electrons. The van der Waals surface area contributed by atoms with E-state index < -0.39 is 0 Å². The zero-order valence-corrected chi connectivity index (χ0v) is 14.7. The Hall–Kier alpha value is -2.25. The van der Waals surface area contributed by atoms with Crippen LogP contribution in [-0.2, 0) is 22.9 Å². The van der Waals surface area contributed by atoms with Crippen LogP contribution in [0.15, 0.2) is 36.7 Å². The van der Waals surface area contributed by atoms with Gasteiger partial charge in [-0.15, -0.1) is 5.10 Å². The molecular formula is C18H24N4O3. The molecule has 3 rings (SSSR count). The maximum Gasteiger partial charge on any atom is 0.293 e. The summed E-state index contributed by atoms with van der Waals surface area (Å²) in [7, 11) is 3.41. The third-order valence-corrected chi connectivity index (χ3v) is 4.44. The Kier molecular flexibility index (Phi) is 5.78. The summed E-state index contributed by atoms with van der Waals surface area (Å²) in [6.45, 7) is 1.72. The van der Waals surface area contributed by atoms with Crippen LogP contribution in [0.25, 0.3) is 0 Å². The summed E-state index contributed by atoms with van der Waals surface area (Å²) < 4.78 is 12.6. The van der Waals surface area contributed by atoms with E-state index in [1.54, 1.807) is 25.2 Å². The second-order valence-electron chi connectivity index (χ2n) is 6.19. The lowest BCUT2D eigenvalue weighted by molar-refractivity contribution is 0.000334. The lowest BCUT2D eigenvalue weighted by atomic mass is 10.0. The Morgan fingerprint density at radius 2 is 2.08 bits per heavy atom. The molecule has 1 amide bonds. The van der Waals surface area contributed by atoms with Gasteiger partial charge in [0, 0.05) is 20.7 Å². The minimum absolute atomic E-state index is 0.0111. The van der Waals surface area contributed by atoms with E-state index >= 15 is 0 Å². The van der Waals surface area contributed by atoms with E-state index in [-0.39, 0.29) is 23.9 Å². The molecule has 2 atom stereocenters. The average Bonchev–Trinajstić information content (AvgIpc) is 3.22. The number of aromatic nitrogens is 3. The second kappa shape index (κ2) is 8.22. The quantitative estimate of drug-likeness (QED) is 0.708. The lowest BCUT2D eigenvalue weighted by Crippen LogP contribution is -2.42. The lowest BCUT2D eigenvalue weighted by Gasteiger charge is -2.27. The number of aryl methyl sites for hydroxylation is 1. The van der Waals surface area contributed by atoms with Crippen molar-refractivity contribution in [3.8, 4) is 0 Å². The van der Waals surface area contributed by atoms with E-state index in [0.29, 0.717) is 19.8 Å². The topological polar surface area (TPSA) is 69.5 Å². The van der Waals surface area contributed by atoms with Crippen molar-refractivity contribution >= 4 is 5.91 Å². The third kappa shape index (κ3) is 4.24. The van der Waals surface area contributed by atoms with Gasteiger partial charge in [-0.2, -0.15) is 0 Å². The number of benzene rings is 1. The molecule has 0 N–H and O–H groups in total. The van der Waals surface area contributed by atoms with Crippen molar-refractivity contribution in [3.63, 3.8) is 0 Å². The first-order chi connectivity index (χ1) is 12.2.